The third kappa shape index (κ3) is 3.02. The van der Waals surface area contributed by atoms with Gasteiger partial charge in [0.25, 0.3) is 0 Å². The molecule has 0 bridgehead atoms. The molecule has 2 aromatic heterocycles. The van der Waals surface area contributed by atoms with E-state index in [4.69, 9.17) is 16.6 Å². The fourth-order valence-corrected chi connectivity index (χ4v) is 3.21. The molecule has 0 atom stereocenters. The number of pyridine rings is 1. The summed E-state index contributed by atoms with van der Waals surface area (Å²) >= 11 is 6.31. The molecule has 0 amide bonds. The minimum atomic E-state index is 0.445. The molecule has 0 N–H and O–H groups in total. The van der Waals surface area contributed by atoms with Gasteiger partial charge in [0, 0.05) is 16.8 Å². The van der Waals surface area contributed by atoms with Crippen molar-refractivity contribution in [3.8, 4) is 5.69 Å². The topological polar surface area (TPSA) is 59.2 Å². The van der Waals surface area contributed by atoms with Crippen molar-refractivity contribution in [1.29, 1.82) is 0 Å². The maximum absolute atomic E-state index is 6.31. The van der Waals surface area contributed by atoms with Crippen molar-refractivity contribution >= 4 is 17.3 Å². The summed E-state index contributed by atoms with van der Waals surface area (Å²) in [6.07, 6.45) is 1.77. The smallest absolute Gasteiger partial charge is 0.159 e. The summed E-state index contributed by atoms with van der Waals surface area (Å²) in [7, 11) is 2.07. The summed E-state index contributed by atoms with van der Waals surface area (Å²) in [4.78, 5) is 11.5. The van der Waals surface area contributed by atoms with Crippen LogP contribution in [0.15, 0.2) is 47.6 Å². The van der Waals surface area contributed by atoms with Crippen molar-refractivity contribution in [2.24, 2.45) is 4.99 Å². The van der Waals surface area contributed by atoms with Gasteiger partial charge >= 0.3 is 0 Å². The average Bonchev–Trinajstić information content (AvgIpc) is 2.97. The molecule has 0 saturated carbocycles. The van der Waals surface area contributed by atoms with Crippen LogP contribution < -0.4 is 0 Å². The lowest BCUT2D eigenvalue weighted by Crippen LogP contribution is -2.20. The third-order valence-electron chi connectivity index (χ3n) is 4.49. The Morgan fingerprint density at radius 2 is 2.08 bits per heavy atom. The average molecular weight is 367 g/mol. The summed E-state index contributed by atoms with van der Waals surface area (Å²) in [5, 5.41) is 9.44. The number of hydrogen-bond donors (Lipinski definition) is 0. The fourth-order valence-electron chi connectivity index (χ4n) is 3.04. The number of aliphatic imine (C=N–C) groups is 1. The van der Waals surface area contributed by atoms with Crippen LogP contribution in [0, 0.1) is 0 Å². The summed E-state index contributed by atoms with van der Waals surface area (Å²) in [6.45, 7) is 4.21. The molecule has 6 nitrogen and oxygen atoms in total. The second-order valence-corrected chi connectivity index (χ2v) is 6.68. The highest BCUT2D eigenvalue weighted by atomic mass is 35.5. The molecule has 26 heavy (non-hydrogen) atoms. The number of halogens is 1. The molecule has 1 aliphatic heterocycles. The number of hydrogen-bond acceptors (Lipinski definition) is 5. The Hall–Kier alpha value is -2.57. The van der Waals surface area contributed by atoms with Crippen molar-refractivity contribution in [3.63, 3.8) is 0 Å². The molecule has 3 heterocycles. The number of aromatic nitrogens is 4. The third-order valence-corrected chi connectivity index (χ3v) is 4.72. The highest BCUT2D eigenvalue weighted by molar-refractivity contribution is 6.31. The zero-order valence-electron chi connectivity index (χ0n) is 14.7. The van der Waals surface area contributed by atoms with Crippen LogP contribution in [-0.4, -0.2) is 44.0 Å². The van der Waals surface area contributed by atoms with E-state index < -0.39 is 0 Å². The van der Waals surface area contributed by atoms with Crippen LogP contribution >= 0.6 is 11.6 Å². The Kier molecular flexibility index (Phi) is 4.53. The van der Waals surface area contributed by atoms with Crippen LogP contribution in [0.2, 0.25) is 5.02 Å². The SMILES string of the molecule is CCN(C)Cc1nnc2n1-c1ccc(Cl)cc1C(c1ccccn1)=NC2. The van der Waals surface area contributed by atoms with Gasteiger partial charge in [-0.3, -0.25) is 19.4 Å². The van der Waals surface area contributed by atoms with E-state index in [9.17, 15) is 0 Å². The van der Waals surface area contributed by atoms with Gasteiger partial charge in [-0.2, -0.15) is 0 Å². The van der Waals surface area contributed by atoms with Crippen molar-refractivity contribution < 1.29 is 0 Å². The first-order valence-electron chi connectivity index (χ1n) is 8.55. The lowest BCUT2D eigenvalue weighted by atomic mass is 10.0. The van der Waals surface area contributed by atoms with Crippen molar-refractivity contribution in [2.75, 3.05) is 13.6 Å². The van der Waals surface area contributed by atoms with Gasteiger partial charge in [0.2, 0.25) is 0 Å². The minimum Gasteiger partial charge on any atom is -0.299 e. The van der Waals surface area contributed by atoms with E-state index in [1.165, 1.54) is 0 Å². The van der Waals surface area contributed by atoms with Crippen molar-refractivity contribution in [1.82, 2.24) is 24.6 Å². The molecule has 7 heteroatoms. The molecule has 132 valence electrons. The van der Waals surface area contributed by atoms with Crippen LogP contribution in [0.25, 0.3) is 5.69 Å². The van der Waals surface area contributed by atoms with Crippen LogP contribution in [-0.2, 0) is 13.1 Å². The second kappa shape index (κ2) is 6.97. The van der Waals surface area contributed by atoms with Gasteiger partial charge < -0.3 is 0 Å². The van der Waals surface area contributed by atoms with Crippen LogP contribution in [0.5, 0.6) is 0 Å². The Morgan fingerprint density at radius 1 is 1.19 bits per heavy atom. The number of rotatable bonds is 4. The molecule has 0 fully saturated rings. The predicted molar refractivity (Wildman–Crippen MR) is 102 cm³/mol. The normalized spacial score (nSPS) is 13.2. The van der Waals surface area contributed by atoms with E-state index in [0.717, 1.165) is 40.9 Å². The minimum absolute atomic E-state index is 0.445. The standard InChI is InChI=1S/C19H19ClN6/c1-3-25(2)12-18-24-23-17-11-22-19(15-6-4-5-9-21-15)14-10-13(20)7-8-16(14)26(17)18/h4-10H,3,11-12H2,1-2H3. The highest BCUT2D eigenvalue weighted by Crippen LogP contribution is 2.28. The molecule has 0 radical (unpaired) electrons. The van der Waals surface area contributed by atoms with Crippen LogP contribution in [0.1, 0.15) is 29.8 Å². The van der Waals surface area contributed by atoms with Gasteiger partial charge in [-0.25, -0.2) is 0 Å². The quantitative estimate of drug-likeness (QED) is 0.711. The Balaban J connectivity index is 1.90. The first kappa shape index (κ1) is 16.9. The molecule has 0 spiro atoms. The number of fused-ring (bicyclic) bond motifs is 3. The van der Waals surface area contributed by atoms with Gasteiger partial charge in [0.15, 0.2) is 11.6 Å². The summed E-state index contributed by atoms with van der Waals surface area (Å²) in [6, 6.07) is 11.6. The van der Waals surface area contributed by atoms with E-state index in [-0.39, 0.29) is 0 Å². The second-order valence-electron chi connectivity index (χ2n) is 6.24. The highest BCUT2D eigenvalue weighted by Gasteiger charge is 2.24. The van der Waals surface area contributed by atoms with Gasteiger partial charge in [-0.1, -0.05) is 24.6 Å². The molecule has 4 rings (SSSR count). The molecule has 0 saturated heterocycles. The maximum Gasteiger partial charge on any atom is 0.159 e. The number of benzene rings is 1. The van der Waals surface area contributed by atoms with E-state index in [1.54, 1.807) is 6.20 Å². The summed E-state index contributed by atoms with van der Waals surface area (Å²) in [5.74, 6) is 1.71. The maximum atomic E-state index is 6.31. The van der Waals surface area contributed by atoms with Crippen LogP contribution in [0.4, 0.5) is 0 Å². The van der Waals surface area contributed by atoms with E-state index >= 15 is 0 Å². The molecular weight excluding hydrogens is 348 g/mol. The zero-order valence-corrected chi connectivity index (χ0v) is 15.5. The van der Waals surface area contributed by atoms with Crippen LogP contribution in [0.3, 0.4) is 0 Å². The van der Waals surface area contributed by atoms with Gasteiger partial charge in [-0.05, 0) is 43.9 Å². The lowest BCUT2D eigenvalue weighted by Gasteiger charge is -2.16. The Labute approximate surface area is 157 Å². The van der Waals surface area contributed by atoms with Crippen molar-refractivity contribution in [2.45, 2.75) is 20.0 Å². The number of nitrogens with zero attached hydrogens (tertiary/aromatic N) is 6. The van der Waals surface area contributed by atoms with Gasteiger partial charge in [-0.15, -0.1) is 10.2 Å². The van der Waals surface area contributed by atoms with E-state index in [2.05, 4.69) is 38.6 Å². The van der Waals surface area contributed by atoms with Gasteiger partial charge in [0.1, 0.15) is 6.54 Å². The lowest BCUT2D eigenvalue weighted by molar-refractivity contribution is 0.333. The van der Waals surface area contributed by atoms with E-state index in [1.807, 2.05) is 36.4 Å². The molecule has 0 unspecified atom stereocenters. The van der Waals surface area contributed by atoms with E-state index in [0.29, 0.717) is 18.1 Å². The van der Waals surface area contributed by atoms with Crippen molar-refractivity contribution in [3.05, 3.63) is 70.5 Å². The molecular formula is C19H19ClN6. The first-order chi connectivity index (χ1) is 12.7. The Bertz CT molecular complexity index is 963. The monoisotopic (exact) mass is 366 g/mol. The molecule has 1 aliphatic rings. The molecule has 0 aliphatic carbocycles. The largest absolute Gasteiger partial charge is 0.299 e. The summed E-state index contributed by atoms with van der Waals surface area (Å²) in [5.41, 5.74) is 3.57. The predicted octanol–water partition coefficient (Wildman–Crippen LogP) is 3.12. The fraction of sp³-hybridized carbons (Fsp3) is 0.263. The zero-order chi connectivity index (χ0) is 18.1. The van der Waals surface area contributed by atoms with Gasteiger partial charge in [0.05, 0.1) is 23.6 Å². The Morgan fingerprint density at radius 3 is 2.85 bits per heavy atom. The molecule has 3 aromatic rings. The first-order valence-corrected chi connectivity index (χ1v) is 8.93. The summed E-state index contributed by atoms with van der Waals surface area (Å²) < 4.78 is 2.09. The molecule has 1 aromatic carbocycles.